The van der Waals surface area contributed by atoms with Crippen LogP contribution in [0.4, 0.5) is 0 Å². The van der Waals surface area contributed by atoms with E-state index in [2.05, 4.69) is 4.99 Å². The Hall–Kier alpha value is -0.500. The van der Waals surface area contributed by atoms with Gasteiger partial charge in [0, 0.05) is 11.9 Å². The molecule has 0 aromatic carbocycles. The maximum Gasteiger partial charge on any atom is 0.103 e. The largest absolute Gasteiger partial charge is 0.401 e. The first-order valence-corrected chi connectivity index (χ1v) is 3.57. The molecule has 0 amide bonds. The number of rotatable bonds is 2. The molecule has 0 bridgehead atoms. The first-order valence-electron chi connectivity index (χ1n) is 3.19. The molecule has 58 valence electrons. The normalized spacial score (nSPS) is 14.5. The Labute approximate surface area is 66.8 Å². The predicted molar refractivity (Wildman–Crippen MR) is 46.1 cm³/mol. The van der Waals surface area contributed by atoms with Crippen LogP contribution in [-0.4, -0.2) is 5.17 Å². The Morgan fingerprint density at radius 2 is 2.10 bits per heavy atom. The summed E-state index contributed by atoms with van der Waals surface area (Å²) in [5.41, 5.74) is 6.31. The lowest BCUT2D eigenvalue weighted by atomic mass is 10.2. The second kappa shape index (κ2) is 4.34. The van der Waals surface area contributed by atoms with Gasteiger partial charge in [0.2, 0.25) is 0 Å². The highest BCUT2D eigenvalue weighted by Crippen LogP contribution is 2.01. The second-order valence-corrected chi connectivity index (χ2v) is 2.96. The molecule has 0 aliphatic heterocycles. The van der Waals surface area contributed by atoms with Gasteiger partial charge in [0.15, 0.2) is 0 Å². The molecule has 3 heteroatoms. The molecule has 2 N–H and O–H groups in total. The van der Waals surface area contributed by atoms with Crippen molar-refractivity contribution in [2.75, 3.05) is 0 Å². The van der Waals surface area contributed by atoms with Gasteiger partial charge in [-0.1, -0.05) is 25.4 Å². The summed E-state index contributed by atoms with van der Waals surface area (Å²) in [7, 11) is 0. The molecule has 0 rings (SSSR count). The lowest BCUT2D eigenvalue weighted by molar-refractivity contribution is 0.754. The molecule has 0 aromatic heterocycles. The van der Waals surface area contributed by atoms with E-state index in [1.165, 1.54) is 0 Å². The Morgan fingerprint density at radius 1 is 1.60 bits per heavy atom. The van der Waals surface area contributed by atoms with Crippen molar-refractivity contribution in [3.8, 4) is 0 Å². The van der Waals surface area contributed by atoms with Gasteiger partial charge in [-0.3, -0.25) is 0 Å². The summed E-state index contributed by atoms with van der Waals surface area (Å²) in [5, 5.41) is 0.503. The van der Waals surface area contributed by atoms with Gasteiger partial charge in [-0.2, -0.15) is 0 Å². The fourth-order valence-electron chi connectivity index (χ4n) is 0.313. The van der Waals surface area contributed by atoms with Gasteiger partial charge < -0.3 is 5.73 Å². The minimum absolute atomic E-state index is 0.333. The van der Waals surface area contributed by atoms with Crippen LogP contribution in [0.15, 0.2) is 16.9 Å². The Morgan fingerprint density at radius 3 is 2.40 bits per heavy atom. The van der Waals surface area contributed by atoms with Gasteiger partial charge in [-0.25, -0.2) is 4.99 Å². The molecular formula is C7H13ClN2. The molecule has 0 fully saturated rings. The van der Waals surface area contributed by atoms with E-state index in [-0.39, 0.29) is 0 Å². The summed E-state index contributed by atoms with van der Waals surface area (Å²) in [5.74, 6) is 0.333. The lowest BCUT2D eigenvalue weighted by Crippen LogP contribution is -2.03. The van der Waals surface area contributed by atoms with E-state index in [1.54, 1.807) is 13.1 Å². The van der Waals surface area contributed by atoms with E-state index in [0.717, 1.165) is 5.70 Å². The third-order valence-electron chi connectivity index (χ3n) is 1.06. The van der Waals surface area contributed by atoms with Crippen LogP contribution in [0.5, 0.6) is 0 Å². The summed E-state index contributed by atoms with van der Waals surface area (Å²) in [4.78, 5) is 3.84. The first kappa shape index (κ1) is 9.50. The van der Waals surface area contributed by atoms with Gasteiger partial charge in [0.25, 0.3) is 0 Å². The molecule has 0 aliphatic rings. The molecule has 0 aromatic rings. The second-order valence-electron chi connectivity index (χ2n) is 2.41. The maximum atomic E-state index is 5.56. The number of allylic oxidation sites excluding steroid dienone is 1. The van der Waals surface area contributed by atoms with Crippen LogP contribution in [0.3, 0.4) is 0 Å². The lowest BCUT2D eigenvalue weighted by Gasteiger charge is -2.01. The third kappa shape index (κ3) is 4.39. The monoisotopic (exact) mass is 160 g/mol. The van der Waals surface area contributed by atoms with Crippen LogP contribution in [-0.2, 0) is 0 Å². The van der Waals surface area contributed by atoms with Crippen LogP contribution in [0.2, 0.25) is 0 Å². The molecule has 0 saturated heterocycles. The fraction of sp³-hybridized carbons (Fsp3) is 0.571. The van der Waals surface area contributed by atoms with Crippen LogP contribution in [0.25, 0.3) is 0 Å². The SMILES string of the molecule is C/C(Cl)=N\C=C(/N)C(C)C. The molecule has 0 atom stereocenters. The van der Waals surface area contributed by atoms with Crippen molar-refractivity contribution >= 4 is 16.8 Å². The van der Waals surface area contributed by atoms with Gasteiger partial charge in [0.05, 0.1) is 0 Å². The van der Waals surface area contributed by atoms with Gasteiger partial charge in [0.1, 0.15) is 5.17 Å². The average molecular weight is 161 g/mol. The number of halogens is 1. The van der Waals surface area contributed by atoms with Gasteiger partial charge >= 0.3 is 0 Å². The van der Waals surface area contributed by atoms with E-state index < -0.39 is 0 Å². The molecular weight excluding hydrogens is 148 g/mol. The van der Waals surface area contributed by atoms with E-state index in [4.69, 9.17) is 17.3 Å². The smallest absolute Gasteiger partial charge is 0.103 e. The number of hydrogen-bond donors (Lipinski definition) is 1. The van der Waals surface area contributed by atoms with E-state index in [1.807, 2.05) is 13.8 Å². The molecule has 0 unspecified atom stereocenters. The third-order valence-corrected chi connectivity index (χ3v) is 1.16. The van der Waals surface area contributed by atoms with Gasteiger partial charge in [-0.05, 0) is 12.8 Å². The van der Waals surface area contributed by atoms with E-state index in [9.17, 15) is 0 Å². The highest BCUT2D eigenvalue weighted by atomic mass is 35.5. The van der Waals surface area contributed by atoms with Crippen molar-refractivity contribution in [3.05, 3.63) is 11.9 Å². The minimum atomic E-state index is 0.333. The molecule has 0 heterocycles. The Kier molecular flexibility index (Phi) is 4.12. The van der Waals surface area contributed by atoms with Gasteiger partial charge in [-0.15, -0.1) is 0 Å². The van der Waals surface area contributed by atoms with Crippen LogP contribution >= 0.6 is 11.6 Å². The Bertz CT molecular complexity index is 155. The van der Waals surface area contributed by atoms with Crippen molar-refractivity contribution in [2.45, 2.75) is 20.8 Å². The molecule has 2 nitrogen and oxygen atoms in total. The predicted octanol–water partition coefficient (Wildman–Crippen LogP) is 2.10. The molecule has 0 spiro atoms. The maximum absolute atomic E-state index is 5.56. The number of aliphatic imine (C=N–C) groups is 1. The quantitative estimate of drug-likeness (QED) is 0.618. The van der Waals surface area contributed by atoms with Crippen molar-refractivity contribution in [2.24, 2.45) is 16.6 Å². The number of nitrogens with two attached hydrogens (primary N) is 1. The van der Waals surface area contributed by atoms with Crippen molar-refractivity contribution in [1.29, 1.82) is 0 Å². The standard InChI is InChI=1S/C7H13ClN2/c1-5(2)7(9)4-10-6(3)8/h4-5H,9H2,1-3H3/b7-4-,10-6+. The van der Waals surface area contributed by atoms with Crippen molar-refractivity contribution in [1.82, 2.24) is 0 Å². The molecule has 0 radical (unpaired) electrons. The van der Waals surface area contributed by atoms with Crippen LogP contribution < -0.4 is 5.73 Å². The summed E-state index contributed by atoms with van der Waals surface area (Å²) in [6.45, 7) is 5.72. The summed E-state index contributed by atoms with van der Waals surface area (Å²) >= 11 is 5.48. The number of nitrogens with zero attached hydrogens (tertiary/aromatic N) is 1. The number of hydrogen-bond acceptors (Lipinski definition) is 2. The minimum Gasteiger partial charge on any atom is -0.401 e. The molecule has 10 heavy (non-hydrogen) atoms. The highest BCUT2D eigenvalue weighted by molar-refractivity contribution is 6.64. The summed E-state index contributed by atoms with van der Waals surface area (Å²) in [6, 6.07) is 0. The van der Waals surface area contributed by atoms with E-state index in [0.29, 0.717) is 11.1 Å². The first-order chi connectivity index (χ1) is 4.54. The molecule has 0 saturated carbocycles. The molecule has 0 aliphatic carbocycles. The van der Waals surface area contributed by atoms with Crippen molar-refractivity contribution in [3.63, 3.8) is 0 Å². The van der Waals surface area contributed by atoms with Crippen molar-refractivity contribution < 1.29 is 0 Å². The zero-order chi connectivity index (χ0) is 8.15. The van der Waals surface area contributed by atoms with Crippen LogP contribution in [0.1, 0.15) is 20.8 Å². The fourth-order valence-corrected chi connectivity index (χ4v) is 0.361. The van der Waals surface area contributed by atoms with E-state index >= 15 is 0 Å². The zero-order valence-corrected chi connectivity index (χ0v) is 7.31. The summed E-state index contributed by atoms with van der Waals surface area (Å²) < 4.78 is 0. The van der Waals surface area contributed by atoms with Crippen LogP contribution in [0, 0.1) is 5.92 Å². The highest BCUT2D eigenvalue weighted by Gasteiger charge is 1.94. The zero-order valence-electron chi connectivity index (χ0n) is 6.56. The topological polar surface area (TPSA) is 38.4 Å². The average Bonchev–Trinajstić information content (AvgIpc) is 1.82. The Balaban J connectivity index is 4.05. The summed E-state index contributed by atoms with van der Waals surface area (Å²) in [6.07, 6.45) is 1.59.